The monoisotopic (exact) mass is 412 g/mol. The summed E-state index contributed by atoms with van der Waals surface area (Å²) < 4.78 is 0. The summed E-state index contributed by atoms with van der Waals surface area (Å²) in [5.41, 5.74) is 4.60. The highest BCUT2D eigenvalue weighted by atomic mass is 35.5. The van der Waals surface area contributed by atoms with Gasteiger partial charge in [0.05, 0.1) is 0 Å². The van der Waals surface area contributed by atoms with Crippen molar-refractivity contribution in [2.45, 2.75) is 76.5 Å². The number of benzene rings is 2. The van der Waals surface area contributed by atoms with Gasteiger partial charge in [-0.05, 0) is 55.9 Å². The second-order valence-corrected chi connectivity index (χ2v) is 9.34. The van der Waals surface area contributed by atoms with Gasteiger partial charge in [0.1, 0.15) is 0 Å². The predicted octanol–water partition coefficient (Wildman–Crippen LogP) is 6.78. The van der Waals surface area contributed by atoms with Gasteiger partial charge in [0.15, 0.2) is 0 Å². The van der Waals surface area contributed by atoms with Gasteiger partial charge in [-0.1, -0.05) is 86.7 Å². The standard InChI is InChI=1S/C24H31ClN2.C2H6/c1-19-5-7-20(8-6-19)23(13-2-3-14-23)17-27(26)18-24(15-4-16-24)21-9-11-22(25)12-10-21;1-2/h5-12H,2-4,13-18,26H2,1H3;1-2H3. The third-order valence-corrected chi connectivity index (χ3v) is 7.26. The molecule has 0 atom stereocenters. The van der Waals surface area contributed by atoms with Crippen LogP contribution >= 0.6 is 11.6 Å². The highest BCUT2D eigenvalue weighted by Crippen LogP contribution is 2.46. The van der Waals surface area contributed by atoms with Crippen LogP contribution < -0.4 is 5.84 Å². The Hall–Kier alpha value is -1.35. The lowest BCUT2D eigenvalue weighted by Crippen LogP contribution is -2.52. The normalized spacial score (nSPS) is 19.4. The van der Waals surface area contributed by atoms with Crippen LogP contribution in [0, 0.1) is 6.92 Å². The molecule has 2 aliphatic carbocycles. The van der Waals surface area contributed by atoms with E-state index >= 15 is 0 Å². The van der Waals surface area contributed by atoms with Crippen LogP contribution in [0.2, 0.25) is 5.02 Å². The SMILES string of the molecule is CC.Cc1ccc(C2(CN(N)CC3(c4ccc(Cl)cc4)CCC3)CCCC2)cc1. The summed E-state index contributed by atoms with van der Waals surface area (Å²) in [6.07, 6.45) is 8.85. The molecule has 2 saturated carbocycles. The van der Waals surface area contributed by atoms with Gasteiger partial charge in [-0.3, -0.25) is 5.84 Å². The molecule has 2 fully saturated rings. The average molecular weight is 413 g/mol. The Morgan fingerprint density at radius 1 is 0.759 bits per heavy atom. The van der Waals surface area contributed by atoms with Gasteiger partial charge in [0, 0.05) is 28.9 Å². The third-order valence-electron chi connectivity index (χ3n) is 7.00. The van der Waals surface area contributed by atoms with Crippen molar-refractivity contribution >= 4 is 11.6 Å². The second-order valence-electron chi connectivity index (χ2n) is 8.90. The van der Waals surface area contributed by atoms with Crippen LogP contribution in [0.25, 0.3) is 0 Å². The molecule has 2 N–H and O–H groups in total. The van der Waals surface area contributed by atoms with Crippen LogP contribution in [0.5, 0.6) is 0 Å². The van der Waals surface area contributed by atoms with Crippen molar-refractivity contribution in [1.29, 1.82) is 0 Å². The van der Waals surface area contributed by atoms with E-state index in [1.54, 1.807) is 0 Å². The summed E-state index contributed by atoms with van der Waals surface area (Å²) >= 11 is 6.10. The van der Waals surface area contributed by atoms with Crippen molar-refractivity contribution in [1.82, 2.24) is 5.01 Å². The second kappa shape index (κ2) is 9.64. The Morgan fingerprint density at radius 2 is 1.17 bits per heavy atom. The molecule has 0 aromatic heterocycles. The molecule has 2 nitrogen and oxygen atoms in total. The quantitative estimate of drug-likeness (QED) is 0.418. The maximum atomic E-state index is 6.68. The summed E-state index contributed by atoms with van der Waals surface area (Å²) in [5.74, 6) is 6.68. The van der Waals surface area contributed by atoms with Crippen LogP contribution in [0.15, 0.2) is 48.5 Å². The summed E-state index contributed by atoms with van der Waals surface area (Å²) in [6, 6.07) is 17.6. The van der Waals surface area contributed by atoms with Crippen molar-refractivity contribution in [3.05, 3.63) is 70.2 Å². The maximum Gasteiger partial charge on any atom is 0.0406 e. The van der Waals surface area contributed by atoms with E-state index in [1.807, 2.05) is 26.0 Å². The minimum absolute atomic E-state index is 0.201. The lowest BCUT2D eigenvalue weighted by atomic mass is 9.64. The van der Waals surface area contributed by atoms with E-state index in [1.165, 1.54) is 61.6 Å². The molecule has 158 valence electrons. The Bertz CT molecular complexity index is 756. The zero-order valence-electron chi connectivity index (χ0n) is 18.4. The number of aryl methyl sites for hydroxylation is 1. The van der Waals surface area contributed by atoms with E-state index in [0.29, 0.717) is 0 Å². The molecular weight excluding hydrogens is 376 g/mol. The zero-order chi connectivity index (χ0) is 20.9. The molecule has 2 aliphatic rings. The number of rotatable bonds is 6. The van der Waals surface area contributed by atoms with Gasteiger partial charge >= 0.3 is 0 Å². The Morgan fingerprint density at radius 3 is 1.59 bits per heavy atom. The zero-order valence-corrected chi connectivity index (χ0v) is 19.1. The first-order chi connectivity index (χ1) is 14.0. The van der Waals surface area contributed by atoms with Crippen molar-refractivity contribution in [3.63, 3.8) is 0 Å². The molecule has 0 unspecified atom stereocenters. The van der Waals surface area contributed by atoms with Crippen LogP contribution in [-0.4, -0.2) is 18.1 Å². The molecule has 2 aromatic carbocycles. The van der Waals surface area contributed by atoms with Crippen molar-refractivity contribution in [2.75, 3.05) is 13.1 Å². The molecule has 0 aliphatic heterocycles. The first-order valence-corrected chi connectivity index (χ1v) is 11.7. The first-order valence-electron chi connectivity index (χ1n) is 11.3. The smallest absolute Gasteiger partial charge is 0.0406 e. The Labute approximate surface area is 182 Å². The molecule has 0 saturated heterocycles. The van der Waals surface area contributed by atoms with E-state index in [9.17, 15) is 0 Å². The van der Waals surface area contributed by atoms with Gasteiger partial charge in [0.2, 0.25) is 0 Å². The molecule has 0 bridgehead atoms. The molecule has 4 rings (SSSR count). The van der Waals surface area contributed by atoms with E-state index < -0.39 is 0 Å². The van der Waals surface area contributed by atoms with Crippen LogP contribution in [0.3, 0.4) is 0 Å². The highest BCUT2D eigenvalue weighted by molar-refractivity contribution is 6.30. The molecule has 0 amide bonds. The number of nitrogens with zero attached hydrogens (tertiary/aromatic N) is 1. The largest absolute Gasteiger partial charge is 0.269 e. The first kappa shape index (κ1) is 22.3. The van der Waals surface area contributed by atoms with Gasteiger partial charge in [-0.25, -0.2) is 5.01 Å². The van der Waals surface area contributed by atoms with E-state index in [-0.39, 0.29) is 10.8 Å². The molecule has 2 aromatic rings. The molecule has 29 heavy (non-hydrogen) atoms. The van der Waals surface area contributed by atoms with E-state index in [2.05, 4.69) is 48.3 Å². The van der Waals surface area contributed by atoms with Gasteiger partial charge in [-0.15, -0.1) is 0 Å². The topological polar surface area (TPSA) is 29.3 Å². The predicted molar refractivity (Wildman–Crippen MR) is 125 cm³/mol. The third kappa shape index (κ3) is 4.87. The maximum absolute atomic E-state index is 6.68. The lowest BCUT2D eigenvalue weighted by Gasteiger charge is -2.46. The molecule has 3 heteroatoms. The van der Waals surface area contributed by atoms with Crippen LogP contribution in [-0.2, 0) is 10.8 Å². The molecule has 0 heterocycles. The van der Waals surface area contributed by atoms with Gasteiger partial charge < -0.3 is 0 Å². The van der Waals surface area contributed by atoms with Crippen molar-refractivity contribution in [3.8, 4) is 0 Å². The number of halogens is 1. The number of hydrazine groups is 1. The minimum atomic E-state index is 0.201. The number of hydrogen-bond donors (Lipinski definition) is 1. The van der Waals surface area contributed by atoms with E-state index in [4.69, 9.17) is 17.4 Å². The number of hydrogen-bond acceptors (Lipinski definition) is 2. The highest BCUT2D eigenvalue weighted by Gasteiger charge is 2.42. The molecular formula is C26H37ClN2. The van der Waals surface area contributed by atoms with Gasteiger partial charge in [-0.2, -0.15) is 0 Å². The van der Waals surface area contributed by atoms with Gasteiger partial charge in [0.25, 0.3) is 0 Å². The summed E-state index contributed by atoms with van der Waals surface area (Å²) in [7, 11) is 0. The van der Waals surface area contributed by atoms with Crippen LogP contribution in [0.4, 0.5) is 0 Å². The number of nitrogens with two attached hydrogens (primary N) is 1. The minimum Gasteiger partial charge on any atom is -0.269 e. The van der Waals surface area contributed by atoms with Crippen molar-refractivity contribution < 1.29 is 0 Å². The summed E-state index contributed by atoms with van der Waals surface area (Å²) in [6.45, 7) is 8.04. The van der Waals surface area contributed by atoms with Crippen LogP contribution in [0.1, 0.15) is 75.5 Å². The molecule has 0 spiro atoms. The van der Waals surface area contributed by atoms with Crippen molar-refractivity contribution in [2.24, 2.45) is 5.84 Å². The fourth-order valence-electron chi connectivity index (χ4n) is 5.28. The van der Waals surface area contributed by atoms with E-state index in [0.717, 1.165) is 18.1 Å². The summed E-state index contributed by atoms with van der Waals surface area (Å²) in [4.78, 5) is 0. The fraction of sp³-hybridized carbons (Fsp3) is 0.538. The molecule has 0 radical (unpaired) electrons. The lowest BCUT2D eigenvalue weighted by molar-refractivity contribution is 0.116. The fourth-order valence-corrected chi connectivity index (χ4v) is 5.40. The summed E-state index contributed by atoms with van der Waals surface area (Å²) in [5, 5.41) is 2.93. The Balaban J connectivity index is 0.00000117. The average Bonchev–Trinajstić information content (AvgIpc) is 3.17. The Kier molecular flexibility index (Phi) is 7.42.